The standard InChI is InChI=1S/C7H13N3O/c1-10-5-4-9-7(10)6(11)2-3-8/h4-6,11H,2-3,8H2,1H3/t6-/m1/s1. The third kappa shape index (κ3) is 1.78. The molecular weight excluding hydrogens is 142 g/mol. The van der Waals surface area contributed by atoms with Gasteiger partial charge in [0, 0.05) is 19.4 Å². The summed E-state index contributed by atoms with van der Waals surface area (Å²) in [6.07, 6.45) is 3.50. The van der Waals surface area contributed by atoms with Gasteiger partial charge in [-0.1, -0.05) is 0 Å². The topological polar surface area (TPSA) is 64.1 Å². The Morgan fingerprint density at radius 3 is 3.00 bits per heavy atom. The molecule has 4 nitrogen and oxygen atoms in total. The number of aromatic nitrogens is 2. The highest BCUT2D eigenvalue weighted by Gasteiger charge is 2.09. The maximum atomic E-state index is 9.43. The van der Waals surface area contributed by atoms with Crippen LogP contribution in [-0.4, -0.2) is 21.2 Å². The lowest BCUT2D eigenvalue weighted by molar-refractivity contribution is 0.157. The second-order valence-electron chi connectivity index (χ2n) is 2.49. The van der Waals surface area contributed by atoms with Gasteiger partial charge >= 0.3 is 0 Å². The van der Waals surface area contributed by atoms with E-state index in [1.54, 1.807) is 17.0 Å². The summed E-state index contributed by atoms with van der Waals surface area (Å²) in [5, 5.41) is 9.43. The molecule has 0 spiro atoms. The first-order valence-corrected chi connectivity index (χ1v) is 3.61. The van der Waals surface area contributed by atoms with Gasteiger partial charge in [0.1, 0.15) is 11.9 Å². The summed E-state index contributed by atoms with van der Waals surface area (Å²) in [4.78, 5) is 3.99. The molecule has 0 aliphatic carbocycles. The van der Waals surface area contributed by atoms with Gasteiger partial charge in [-0.3, -0.25) is 0 Å². The molecule has 0 amide bonds. The van der Waals surface area contributed by atoms with E-state index in [2.05, 4.69) is 4.98 Å². The Bertz CT molecular complexity index is 221. The first kappa shape index (κ1) is 8.23. The number of aryl methyl sites for hydroxylation is 1. The van der Waals surface area contributed by atoms with Gasteiger partial charge in [-0.25, -0.2) is 4.98 Å². The van der Waals surface area contributed by atoms with Crippen molar-refractivity contribution in [2.75, 3.05) is 6.54 Å². The average Bonchev–Trinajstić information content (AvgIpc) is 2.36. The quantitative estimate of drug-likeness (QED) is 0.635. The van der Waals surface area contributed by atoms with Gasteiger partial charge in [0.05, 0.1) is 0 Å². The maximum absolute atomic E-state index is 9.43. The van der Waals surface area contributed by atoms with Crippen molar-refractivity contribution in [1.82, 2.24) is 9.55 Å². The van der Waals surface area contributed by atoms with Crippen molar-refractivity contribution in [3.63, 3.8) is 0 Å². The van der Waals surface area contributed by atoms with Gasteiger partial charge in [0.2, 0.25) is 0 Å². The summed E-state index contributed by atoms with van der Waals surface area (Å²) in [5.41, 5.74) is 5.29. The zero-order valence-electron chi connectivity index (χ0n) is 6.57. The third-order valence-electron chi connectivity index (χ3n) is 1.60. The zero-order chi connectivity index (χ0) is 8.27. The summed E-state index contributed by atoms with van der Waals surface area (Å²) in [6, 6.07) is 0. The first-order valence-electron chi connectivity index (χ1n) is 3.61. The minimum absolute atomic E-state index is 0.480. The summed E-state index contributed by atoms with van der Waals surface area (Å²) < 4.78 is 1.79. The molecule has 4 heteroatoms. The second-order valence-corrected chi connectivity index (χ2v) is 2.49. The predicted molar refractivity (Wildman–Crippen MR) is 41.8 cm³/mol. The Kier molecular flexibility index (Phi) is 2.62. The van der Waals surface area contributed by atoms with Crippen LogP contribution in [0.15, 0.2) is 12.4 Å². The molecule has 0 saturated heterocycles. The van der Waals surface area contributed by atoms with E-state index in [1.165, 1.54) is 0 Å². The van der Waals surface area contributed by atoms with Crippen molar-refractivity contribution in [2.24, 2.45) is 12.8 Å². The molecule has 62 valence electrons. The van der Waals surface area contributed by atoms with Crippen molar-refractivity contribution < 1.29 is 5.11 Å². The second kappa shape index (κ2) is 3.50. The fourth-order valence-corrected chi connectivity index (χ4v) is 0.985. The molecule has 0 aliphatic heterocycles. The highest BCUT2D eigenvalue weighted by Crippen LogP contribution is 2.11. The molecular formula is C7H13N3O. The largest absolute Gasteiger partial charge is 0.385 e. The van der Waals surface area contributed by atoms with E-state index in [0.29, 0.717) is 18.8 Å². The van der Waals surface area contributed by atoms with Crippen molar-refractivity contribution in [3.05, 3.63) is 18.2 Å². The van der Waals surface area contributed by atoms with E-state index < -0.39 is 6.10 Å². The highest BCUT2D eigenvalue weighted by molar-refractivity contribution is 4.95. The molecule has 1 rings (SSSR count). The number of rotatable bonds is 3. The van der Waals surface area contributed by atoms with Crippen LogP contribution in [0.25, 0.3) is 0 Å². The van der Waals surface area contributed by atoms with Gasteiger partial charge < -0.3 is 15.4 Å². The molecule has 0 saturated carbocycles. The number of nitrogens with two attached hydrogens (primary N) is 1. The summed E-state index contributed by atoms with van der Waals surface area (Å²) in [6.45, 7) is 0.480. The van der Waals surface area contributed by atoms with Crippen LogP contribution in [0.4, 0.5) is 0 Å². The van der Waals surface area contributed by atoms with Crippen LogP contribution in [0.2, 0.25) is 0 Å². The molecule has 11 heavy (non-hydrogen) atoms. The minimum Gasteiger partial charge on any atom is -0.385 e. The normalized spacial score (nSPS) is 13.4. The number of hydrogen-bond donors (Lipinski definition) is 2. The third-order valence-corrected chi connectivity index (χ3v) is 1.60. The molecule has 0 fully saturated rings. The van der Waals surface area contributed by atoms with Gasteiger partial charge in [0.15, 0.2) is 0 Å². The van der Waals surface area contributed by atoms with Gasteiger partial charge in [-0.05, 0) is 13.0 Å². The molecule has 1 aromatic heterocycles. The zero-order valence-corrected chi connectivity index (χ0v) is 6.57. The summed E-state index contributed by atoms with van der Waals surface area (Å²) in [5.74, 6) is 0.676. The predicted octanol–water partition coefficient (Wildman–Crippen LogP) is -0.198. The van der Waals surface area contributed by atoms with Crippen LogP contribution in [0.1, 0.15) is 18.3 Å². The van der Waals surface area contributed by atoms with Crippen molar-refractivity contribution in [1.29, 1.82) is 0 Å². The molecule has 0 unspecified atom stereocenters. The molecule has 1 atom stereocenters. The monoisotopic (exact) mass is 155 g/mol. The number of nitrogens with zero attached hydrogens (tertiary/aromatic N) is 2. The van der Waals surface area contributed by atoms with Crippen molar-refractivity contribution >= 4 is 0 Å². The summed E-state index contributed by atoms with van der Waals surface area (Å²) in [7, 11) is 1.85. The number of aliphatic hydroxyl groups is 1. The van der Waals surface area contributed by atoms with Crippen LogP contribution >= 0.6 is 0 Å². The lowest BCUT2D eigenvalue weighted by Crippen LogP contribution is -2.10. The molecule has 1 heterocycles. The lowest BCUT2D eigenvalue weighted by atomic mass is 10.2. The fraction of sp³-hybridized carbons (Fsp3) is 0.571. The van der Waals surface area contributed by atoms with Crippen LogP contribution in [-0.2, 0) is 7.05 Å². The van der Waals surface area contributed by atoms with Crippen molar-refractivity contribution in [2.45, 2.75) is 12.5 Å². The SMILES string of the molecule is Cn1ccnc1[C@H](O)CCN. The average molecular weight is 155 g/mol. The maximum Gasteiger partial charge on any atom is 0.137 e. The van der Waals surface area contributed by atoms with E-state index >= 15 is 0 Å². The number of imidazole rings is 1. The van der Waals surface area contributed by atoms with E-state index in [1.807, 2.05) is 7.05 Å². The number of hydrogen-bond acceptors (Lipinski definition) is 3. The molecule has 0 aromatic carbocycles. The van der Waals surface area contributed by atoms with Crippen LogP contribution in [0, 0.1) is 0 Å². The smallest absolute Gasteiger partial charge is 0.137 e. The lowest BCUT2D eigenvalue weighted by Gasteiger charge is -2.07. The van der Waals surface area contributed by atoms with Crippen molar-refractivity contribution in [3.8, 4) is 0 Å². The Morgan fingerprint density at radius 2 is 2.55 bits per heavy atom. The Hall–Kier alpha value is -0.870. The van der Waals surface area contributed by atoms with Crippen LogP contribution in [0.5, 0.6) is 0 Å². The first-order chi connectivity index (χ1) is 5.25. The molecule has 3 N–H and O–H groups in total. The molecule has 1 aromatic rings. The van der Waals surface area contributed by atoms with Gasteiger partial charge in [0.25, 0.3) is 0 Å². The Balaban J connectivity index is 2.67. The van der Waals surface area contributed by atoms with E-state index in [-0.39, 0.29) is 0 Å². The van der Waals surface area contributed by atoms with Crippen LogP contribution < -0.4 is 5.73 Å². The Morgan fingerprint density at radius 1 is 1.82 bits per heavy atom. The number of aliphatic hydroxyl groups excluding tert-OH is 1. The Labute approximate surface area is 65.7 Å². The van der Waals surface area contributed by atoms with E-state index in [4.69, 9.17) is 5.73 Å². The fourth-order valence-electron chi connectivity index (χ4n) is 0.985. The van der Waals surface area contributed by atoms with E-state index in [0.717, 1.165) is 0 Å². The minimum atomic E-state index is -0.528. The molecule has 0 radical (unpaired) electrons. The molecule has 0 bridgehead atoms. The molecule has 0 aliphatic rings. The highest BCUT2D eigenvalue weighted by atomic mass is 16.3. The van der Waals surface area contributed by atoms with Gasteiger partial charge in [-0.2, -0.15) is 0 Å². The summed E-state index contributed by atoms with van der Waals surface area (Å²) >= 11 is 0. The van der Waals surface area contributed by atoms with E-state index in [9.17, 15) is 5.11 Å². The van der Waals surface area contributed by atoms with Crippen LogP contribution in [0.3, 0.4) is 0 Å². The van der Waals surface area contributed by atoms with Gasteiger partial charge in [-0.15, -0.1) is 0 Å².